The smallest absolute Gasteiger partial charge is 0.224 e. The fourth-order valence-corrected chi connectivity index (χ4v) is 5.22. The van der Waals surface area contributed by atoms with Crippen LogP contribution in [0.15, 0.2) is 18.2 Å². The average Bonchev–Trinajstić information content (AvgIpc) is 2.84. The van der Waals surface area contributed by atoms with E-state index in [1.165, 1.54) is 19.3 Å². The Balaban J connectivity index is 1.58. The molecular weight excluding hydrogens is 422 g/mol. The summed E-state index contributed by atoms with van der Waals surface area (Å²) in [5.41, 5.74) is 0.891. The summed E-state index contributed by atoms with van der Waals surface area (Å²) in [6.45, 7) is 9.66. The maximum Gasteiger partial charge on any atom is 0.224 e. The fourth-order valence-electron chi connectivity index (χ4n) is 5.05. The van der Waals surface area contributed by atoms with Crippen LogP contribution in [0.3, 0.4) is 0 Å². The molecule has 0 bridgehead atoms. The predicted molar refractivity (Wildman–Crippen MR) is 131 cm³/mol. The lowest BCUT2D eigenvalue weighted by Gasteiger charge is -2.37. The SMILES string of the molecule is CCc1nc(N(CCC(=O)N2CCN(CC)CC2)C2CCCCC2)c2ccc(Cl)cc2n1. The van der Waals surface area contributed by atoms with Crippen LogP contribution in [-0.4, -0.2) is 71.0 Å². The standard InChI is InChI=1S/C25H36ClN5O/c1-3-23-27-22-18-19(26)10-11-21(22)25(28-23)31(20-8-6-5-7-9-20)13-12-24(32)30-16-14-29(4-2)15-17-30/h10-11,18,20H,3-9,12-17H2,1-2H3. The van der Waals surface area contributed by atoms with E-state index in [1.807, 2.05) is 23.1 Å². The molecule has 0 atom stereocenters. The summed E-state index contributed by atoms with van der Waals surface area (Å²) in [6, 6.07) is 6.30. The van der Waals surface area contributed by atoms with Crippen LogP contribution in [0.5, 0.6) is 0 Å². The molecular formula is C25H36ClN5O. The minimum Gasteiger partial charge on any atom is -0.352 e. The van der Waals surface area contributed by atoms with Gasteiger partial charge in [-0.25, -0.2) is 9.97 Å². The number of likely N-dealkylation sites (N-methyl/N-ethyl adjacent to an activating group) is 1. The highest BCUT2D eigenvalue weighted by molar-refractivity contribution is 6.31. The Labute approximate surface area is 196 Å². The van der Waals surface area contributed by atoms with Gasteiger partial charge < -0.3 is 14.7 Å². The topological polar surface area (TPSA) is 52.6 Å². The van der Waals surface area contributed by atoms with Gasteiger partial charge in [-0.15, -0.1) is 0 Å². The van der Waals surface area contributed by atoms with Gasteiger partial charge in [-0.3, -0.25) is 4.79 Å². The molecule has 0 spiro atoms. The quantitative estimate of drug-likeness (QED) is 0.611. The number of amides is 1. The Morgan fingerprint density at radius 1 is 1.09 bits per heavy atom. The number of benzene rings is 1. The van der Waals surface area contributed by atoms with E-state index in [0.717, 1.165) is 74.5 Å². The van der Waals surface area contributed by atoms with Crippen molar-refractivity contribution in [2.45, 2.75) is 64.8 Å². The molecule has 0 radical (unpaired) electrons. The lowest BCUT2D eigenvalue weighted by Crippen LogP contribution is -2.49. The summed E-state index contributed by atoms with van der Waals surface area (Å²) in [7, 11) is 0. The lowest BCUT2D eigenvalue weighted by molar-refractivity contribution is -0.132. The molecule has 4 rings (SSSR count). The summed E-state index contributed by atoms with van der Waals surface area (Å²) in [4.78, 5) is 29.6. The van der Waals surface area contributed by atoms with E-state index in [1.54, 1.807) is 0 Å². The summed E-state index contributed by atoms with van der Waals surface area (Å²) >= 11 is 6.28. The van der Waals surface area contributed by atoms with Crippen LogP contribution in [0.4, 0.5) is 5.82 Å². The zero-order valence-corrected chi connectivity index (χ0v) is 20.3. The number of aromatic nitrogens is 2. The molecule has 1 aliphatic heterocycles. The van der Waals surface area contributed by atoms with Crippen LogP contribution in [0.25, 0.3) is 10.9 Å². The molecule has 0 unspecified atom stereocenters. The number of nitrogens with zero attached hydrogens (tertiary/aromatic N) is 5. The summed E-state index contributed by atoms with van der Waals surface area (Å²) in [5, 5.41) is 1.72. The molecule has 0 N–H and O–H groups in total. The Hall–Kier alpha value is -1.92. The number of anilines is 1. The van der Waals surface area contributed by atoms with Crippen molar-refractivity contribution in [1.29, 1.82) is 0 Å². The second-order valence-corrected chi connectivity index (χ2v) is 9.47. The molecule has 6 nitrogen and oxygen atoms in total. The number of hydrogen-bond donors (Lipinski definition) is 0. The summed E-state index contributed by atoms with van der Waals surface area (Å²) in [5.74, 6) is 2.07. The third-order valence-electron chi connectivity index (χ3n) is 7.03. The molecule has 1 aromatic carbocycles. The molecule has 32 heavy (non-hydrogen) atoms. The van der Waals surface area contributed by atoms with Crippen molar-refractivity contribution in [2.24, 2.45) is 0 Å². The number of fused-ring (bicyclic) bond motifs is 1. The predicted octanol–water partition coefficient (Wildman–Crippen LogP) is 4.54. The number of carbonyl (C=O) groups is 1. The zero-order valence-electron chi connectivity index (χ0n) is 19.5. The highest BCUT2D eigenvalue weighted by Crippen LogP contribution is 2.32. The second kappa shape index (κ2) is 10.8. The normalized spacial score (nSPS) is 18.3. The maximum absolute atomic E-state index is 13.1. The first-order valence-electron chi connectivity index (χ1n) is 12.3. The Kier molecular flexibility index (Phi) is 7.84. The number of halogens is 1. The van der Waals surface area contributed by atoms with Crippen molar-refractivity contribution in [3.05, 3.63) is 29.0 Å². The van der Waals surface area contributed by atoms with Gasteiger partial charge in [0.05, 0.1) is 5.52 Å². The van der Waals surface area contributed by atoms with Gasteiger partial charge in [-0.2, -0.15) is 0 Å². The number of aryl methyl sites for hydroxylation is 1. The largest absolute Gasteiger partial charge is 0.352 e. The minimum atomic E-state index is 0.263. The first kappa shape index (κ1) is 23.2. The molecule has 1 saturated carbocycles. The Morgan fingerprint density at radius 3 is 2.53 bits per heavy atom. The number of hydrogen-bond acceptors (Lipinski definition) is 5. The number of piperazine rings is 1. The van der Waals surface area contributed by atoms with Crippen LogP contribution < -0.4 is 4.90 Å². The molecule has 1 saturated heterocycles. The maximum atomic E-state index is 13.1. The first-order chi connectivity index (χ1) is 15.6. The van der Waals surface area contributed by atoms with Crippen LogP contribution in [0.1, 0.15) is 58.2 Å². The summed E-state index contributed by atoms with van der Waals surface area (Å²) in [6.07, 6.45) is 7.39. The summed E-state index contributed by atoms with van der Waals surface area (Å²) < 4.78 is 0. The molecule has 2 fully saturated rings. The van der Waals surface area contributed by atoms with Crippen molar-refractivity contribution in [3.63, 3.8) is 0 Å². The van der Waals surface area contributed by atoms with Crippen molar-refractivity contribution >= 4 is 34.2 Å². The van der Waals surface area contributed by atoms with Crippen LogP contribution in [0, 0.1) is 0 Å². The number of rotatable bonds is 7. The van der Waals surface area contributed by atoms with E-state index in [4.69, 9.17) is 21.6 Å². The van der Waals surface area contributed by atoms with Crippen LogP contribution >= 0.6 is 11.6 Å². The monoisotopic (exact) mass is 457 g/mol. The van der Waals surface area contributed by atoms with E-state index in [-0.39, 0.29) is 5.91 Å². The zero-order chi connectivity index (χ0) is 22.5. The Bertz CT molecular complexity index is 922. The first-order valence-corrected chi connectivity index (χ1v) is 12.7. The van der Waals surface area contributed by atoms with Crippen molar-refractivity contribution < 1.29 is 4.79 Å². The molecule has 1 amide bonds. The molecule has 7 heteroatoms. The molecule has 1 aromatic heterocycles. The molecule has 174 valence electrons. The number of carbonyl (C=O) groups excluding carboxylic acids is 1. The van der Waals surface area contributed by atoms with E-state index in [0.29, 0.717) is 24.0 Å². The fraction of sp³-hybridized carbons (Fsp3) is 0.640. The Morgan fingerprint density at radius 2 is 1.84 bits per heavy atom. The van der Waals surface area contributed by atoms with Gasteiger partial charge in [0.15, 0.2) is 0 Å². The van der Waals surface area contributed by atoms with Gasteiger partial charge in [0.25, 0.3) is 0 Å². The molecule has 1 aliphatic carbocycles. The van der Waals surface area contributed by atoms with Gasteiger partial charge in [0.2, 0.25) is 5.91 Å². The van der Waals surface area contributed by atoms with E-state index >= 15 is 0 Å². The highest BCUT2D eigenvalue weighted by atomic mass is 35.5. The minimum absolute atomic E-state index is 0.263. The average molecular weight is 458 g/mol. The molecule has 2 aliphatic rings. The van der Waals surface area contributed by atoms with E-state index in [2.05, 4.69) is 23.6 Å². The van der Waals surface area contributed by atoms with Gasteiger partial charge in [-0.1, -0.05) is 44.7 Å². The van der Waals surface area contributed by atoms with E-state index < -0.39 is 0 Å². The van der Waals surface area contributed by atoms with Gasteiger partial charge in [-0.05, 0) is 37.6 Å². The van der Waals surface area contributed by atoms with Gasteiger partial charge in [0.1, 0.15) is 11.6 Å². The third kappa shape index (κ3) is 5.34. The van der Waals surface area contributed by atoms with Crippen LogP contribution in [0.2, 0.25) is 5.02 Å². The van der Waals surface area contributed by atoms with Crippen molar-refractivity contribution in [3.8, 4) is 0 Å². The van der Waals surface area contributed by atoms with Crippen LogP contribution in [-0.2, 0) is 11.2 Å². The van der Waals surface area contributed by atoms with Gasteiger partial charge >= 0.3 is 0 Å². The molecule has 2 aromatic rings. The lowest BCUT2D eigenvalue weighted by atomic mass is 9.93. The second-order valence-electron chi connectivity index (χ2n) is 9.03. The van der Waals surface area contributed by atoms with Crippen molar-refractivity contribution in [1.82, 2.24) is 19.8 Å². The highest BCUT2D eigenvalue weighted by Gasteiger charge is 2.27. The van der Waals surface area contributed by atoms with E-state index in [9.17, 15) is 4.79 Å². The third-order valence-corrected chi connectivity index (χ3v) is 7.26. The molecule has 2 heterocycles. The van der Waals surface area contributed by atoms with Crippen molar-refractivity contribution in [2.75, 3.05) is 44.2 Å². The van der Waals surface area contributed by atoms with Gasteiger partial charge in [0, 0.05) is 62.0 Å².